The third-order valence-electron chi connectivity index (χ3n) is 3.99. The van der Waals surface area contributed by atoms with Gasteiger partial charge >= 0.3 is 0 Å². The lowest BCUT2D eigenvalue weighted by Gasteiger charge is -2.08. The Kier molecular flexibility index (Phi) is 4.58. The second kappa shape index (κ2) is 7.17. The average Bonchev–Trinajstić information content (AvgIpc) is 3.07. The molecule has 2 aromatic heterocycles. The van der Waals surface area contributed by atoms with Crippen LogP contribution < -0.4 is 4.74 Å². The van der Waals surface area contributed by atoms with E-state index in [1.54, 1.807) is 0 Å². The van der Waals surface area contributed by atoms with Gasteiger partial charge in [-0.25, -0.2) is 9.97 Å². The fourth-order valence-corrected chi connectivity index (χ4v) is 3.00. The molecule has 0 aliphatic rings. The van der Waals surface area contributed by atoms with E-state index in [-0.39, 0.29) is 6.61 Å². The van der Waals surface area contributed by atoms with E-state index in [1.807, 2.05) is 67.8 Å². The SMILES string of the molecule is CSc1nc(OCc2nc(-c3ccccc3)oc2C)c2ccccc2n1. The van der Waals surface area contributed by atoms with Crippen LogP contribution in [0.3, 0.4) is 0 Å². The summed E-state index contributed by atoms with van der Waals surface area (Å²) in [5, 5.41) is 1.57. The van der Waals surface area contributed by atoms with Crippen molar-refractivity contribution in [2.24, 2.45) is 0 Å². The highest BCUT2D eigenvalue weighted by molar-refractivity contribution is 7.98. The summed E-state index contributed by atoms with van der Waals surface area (Å²) in [6, 6.07) is 17.6. The third kappa shape index (κ3) is 3.28. The summed E-state index contributed by atoms with van der Waals surface area (Å²) >= 11 is 1.49. The number of aryl methyl sites for hydroxylation is 1. The largest absolute Gasteiger partial charge is 0.470 e. The molecule has 0 radical (unpaired) electrons. The maximum absolute atomic E-state index is 5.99. The number of oxazole rings is 1. The van der Waals surface area contributed by atoms with E-state index in [0.717, 1.165) is 27.9 Å². The van der Waals surface area contributed by atoms with Crippen molar-refractivity contribution in [3.05, 3.63) is 66.1 Å². The molecular weight excluding hydrogens is 346 g/mol. The molecule has 4 rings (SSSR count). The number of hydrogen-bond acceptors (Lipinski definition) is 6. The number of hydrogen-bond donors (Lipinski definition) is 0. The van der Waals surface area contributed by atoms with Crippen molar-refractivity contribution >= 4 is 22.7 Å². The smallest absolute Gasteiger partial charge is 0.226 e. The summed E-state index contributed by atoms with van der Waals surface area (Å²) in [7, 11) is 0. The van der Waals surface area contributed by atoms with E-state index in [0.29, 0.717) is 16.9 Å². The number of rotatable bonds is 5. The number of nitrogens with zero attached hydrogens (tertiary/aromatic N) is 3. The molecule has 26 heavy (non-hydrogen) atoms. The van der Waals surface area contributed by atoms with Crippen molar-refractivity contribution in [3.8, 4) is 17.3 Å². The maximum Gasteiger partial charge on any atom is 0.226 e. The quantitative estimate of drug-likeness (QED) is 0.371. The lowest BCUT2D eigenvalue weighted by atomic mass is 10.2. The summed E-state index contributed by atoms with van der Waals surface area (Å²) in [6.07, 6.45) is 1.95. The Balaban J connectivity index is 1.62. The standard InChI is InChI=1S/C20H17N3O2S/c1-13-17(21-18(25-13)14-8-4-3-5-9-14)12-24-19-15-10-6-7-11-16(15)22-20(23-19)26-2/h3-11H,12H2,1-2H3. The normalized spacial score (nSPS) is 11.0. The fourth-order valence-electron chi connectivity index (χ4n) is 2.63. The molecule has 6 heteroatoms. The van der Waals surface area contributed by atoms with Crippen LogP contribution in [-0.4, -0.2) is 21.2 Å². The molecule has 0 N–H and O–H groups in total. The second-order valence-electron chi connectivity index (χ2n) is 5.71. The first-order valence-electron chi connectivity index (χ1n) is 8.20. The minimum absolute atomic E-state index is 0.289. The number of ether oxygens (including phenoxy) is 1. The van der Waals surface area contributed by atoms with Crippen LogP contribution in [0.4, 0.5) is 0 Å². The Bertz CT molecular complexity index is 1050. The van der Waals surface area contributed by atoms with Crippen LogP contribution in [0.5, 0.6) is 5.88 Å². The second-order valence-corrected chi connectivity index (χ2v) is 6.48. The Hall–Kier alpha value is -2.86. The lowest BCUT2D eigenvalue weighted by Crippen LogP contribution is -2.01. The average molecular weight is 363 g/mol. The zero-order chi connectivity index (χ0) is 17.9. The van der Waals surface area contributed by atoms with Crippen molar-refractivity contribution < 1.29 is 9.15 Å². The highest BCUT2D eigenvalue weighted by atomic mass is 32.2. The molecule has 4 aromatic rings. The molecule has 2 heterocycles. The van der Waals surface area contributed by atoms with Crippen LogP contribution in [-0.2, 0) is 6.61 Å². The summed E-state index contributed by atoms with van der Waals surface area (Å²) in [5.41, 5.74) is 2.57. The molecule has 0 bridgehead atoms. The first-order chi connectivity index (χ1) is 12.7. The van der Waals surface area contributed by atoms with E-state index >= 15 is 0 Å². The summed E-state index contributed by atoms with van der Waals surface area (Å²) in [5.74, 6) is 1.90. The molecule has 0 saturated heterocycles. The predicted molar refractivity (Wildman–Crippen MR) is 102 cm³/mol. The van der Waals surface area contributed by atoms with Gasteiger partial charge in [-0.05, 0) is 37.4 Å². The van der Waals surface area contributed by atoms with Gasteiger partial charge in [0.1, 0.15) is 18.1 Å². The molecule has 0 unspecified atom stereocenters. The molecule has 130 valence electrons. The Morgan fingerprint density at radius 2 is 1.73 bits per heavy atom. The molecule has 0 spiro atoms. The summed E-state index contributed by atoms with van der Waals surface area (Å²) in [4.78, 5) is 13.6. The summed E-state index contributed by atoms with van der Waals surface area (Å²) < 4.78 is 11.8. The van der Waals surface area contributed by atoms with Crippen molar-refractivity contribution in [1.82, 2.24) is 15.0 Å². The highest BCUT2D eigenvalue weighted by Crippen LogP contribution is 2.27. The molecular formula is C20H17N3O2S. The van der Waals surface area contributed by atoms with Crippen LogP contribution >= 0.6 is 11.8 Å². The van der Waals surface area contributed by atoms with Crippen LogP contribution in [0, 0.1) is 6.92 Å². The lowest BCUT2D eigenvalue weighted by molar-refractivity contribution is 0.289. The highest BCUT2D eigenvalue weighted by Gasteiger charge is 2.14. The first-order valence-corrected chi connectivity index (χ1v) is 9.42. The van der Waals surface area contributed by atoms with Gasteiger partial charge in [0.2, 0.25) is 11.8 Å². The van der Waals surface area contributed by atoms with Gasteiger partial charge in [-0.3, -0.25) is 0 Å². The van der Waals surface area contributed by atoms with Crippen molar-refractivity contribution in [3.63, 3.8) is 0 Å². The Morgan fingerprint density at radius 3 is 2.54 bits per heavy atom. The zero-order valence-electron chi connectivity index (χ0n) is 14.5. The first kappa shape index (κ1) is 16.6. The Morgan fingerprint density at radius 1 is 0.962 bits per heavy atom. The van der Waals surface area contributed by atoms with Crippen LogP contribution in [0.1, 0.15) is 11.5 Å². The molecule has 5 nitrogen and oxygen atoms in total. The number of thioether (sulfide) groups is 1. The van der Waals surface area contributed by atoms with Crippen LogP contribution in [0.2, 0.25) is 0 Å². The fraction of sp³-hybridized carbons (Fsp3) is 0.150. The van der Waals surface area contributed by atoms with Gasteiger partial charge in [0.25, 0.3) is 0 Å². The molecule has 2 aromatic carbocycles. The van der Waals surface area contributed by atoms with E-state index in [1.165, 1.54) is 11.8 Å². The van der Waals surface area contributed by atoms with Gasteiger partial charge in [-0.1, -0.05) is 42.1 Å². The van der Waals surface area contributed by atoms with E-state index in [2.05, 4.69) is 15.0 Å². The molecule has 0 amide bonds. The zero-order valence-corrected chi connectivity index (χ0v) is 15.3. The summed E-state index contributed by atoms with van der Waals surface area (Å²) in [6.45, 7) is 2.18. The third-order valence-corrected chi connectivity index (χ3v) is 4.54. The molecule has 0 atom stereocenters. The van der Waals surface area contributed by atoms with Gasteiger partial charge in [0.15, 0.2) is 5.16 Å². The van der Waals surface area contributed by atoms with Gasteiger partial charge in [0.05, 0.1) is 10.9 Å². The van der Waals surface area contributed by atoms with E-state index < -0.39 is 0 Å². The van der Waals surface area contributed by atoms with Gasteiger partial charge in [-0.15, -0.1) is 0 Å². The topological polar surface area (TPSA) is 61.0 Å². The van der Waals surface area contributed by atoms with Crippen molar-refractivity contribution in [2.45, 2.75) is 18.7 Å². The maximum atomic E-state index is 5.99. The van der Waals surface area contributed by atoms with Crippen molar-refractivity contribution in [2.75, 3.05) is 6.26 Å². The van der Waals surface area contributed by atoms with Crippen molar-refractivity contribution in [1.29, 1.82) is 0 Å². The van der Waals surface area contributed by atoms with Gasteiger partial charge in [0, 0.05) is 5.56 Å². The molecule has 0 saturated carbocycles. The predicted octanol–water partition coefficient (Wildman–Crippen LogP) is 4.89. The molecule has 0 aliphatic carbocycles. The number of para-hydroxylation sites is 1. The number of benzene rings is 2. The van der Waals surface area contributed by atoms with Crippen LogP contribution in [0.15, 0.2) is 64.2 Å². The van der Waals surface area contributed by atoms with Gasteiger partial charge in [-0.2, -0.15) is 4.98 Å². The minimum atomic E-state index is 0.289. The number of aromatic nitrogens is 3. The monoisotopic (exact) mass is 363 g/mol. The Labute approximate surface area is 155 Å². The van der Waals surface area contributed by atoms with E-state index in [4.69, 9.17) is 9.15 Å². The molecule has 0 fully saturated rings. The van der Waals surface area contributed by atoms with Crippen LogP contribution in [0.25, 0.3) is 22.4 Å². The van der Waals surface area contributed by atoms with E-state index in [9.17, 15) is 0 Å². The number of fused-ring (bicyclic) bond motifs is 1. The molecule has 0 aliphatic heterocycles. The minimum Gasteiger partial charge on any atom is -0.470 e. The van der Waals surface area contributed by atoms with Gasteiger partial charge < -0.3 is 9.15 Å².